The summed E-state index contributed by atoms with van der Waals surface area (Å²) in [7, 11) is 1.33. The molecule has 0 amide bonds. The van der Waals surface area contributed by atoms with E-state index in [-0.39, 0.29) is 24.2 Å². The second-order valence-electron chi connectivity index (χ2n) is 7.60. The summed E-state index contributed by atoms with van der Waals surface area (Å²) in [5, 5.41) is 9.48. The molecule has 0 saturated carbocycles. The van der Waals surface area contributed by atoms with Crippen molar-refractivity contribution in [2.75, 3.05) is 25.1 Å². The van der Waals surface area contributed by atoms with Gasteiger partial charge in [0.1, 0.15) is 21.9 Å². The Morgan fingerprint density at radius 1 is 1.09 bits per heavy atom. The summed E-state index contributed by atoms with van der Waals surface area (Å²) in [6.45, 7) is 1.36. The summed E-state index contributed by atoms with van der Waals surface area (Å²) in [5.74, 6) is -0.473. The fourth-order valence-electron chi connectivity index (χ4n) is 3.67. The number of hydrogen-bond donors (Lipinski definition) is 0. The molecule has 174 valence electrons. The van der Waals surface area contributed by atoms with Crippen molar-refractivity contribution in [3.8, 4) is 16.3 Å². The summed E-state index contributed by atoms with van der Waals surface area (Å²) in [6.07, 6.45) is -3.36. The second-order valence-corrected chi connectivity index (χ2v) is 8.66. The largest absolute Gasteiger partial charge is 0.490 e. The van der Waals surface area contributed by atoms with Gasteiger partial charge in [-0.25, -0.2) is 0 Å². The van der Waals surface area contributed by atoms with E-state index in [0.29, 0.717) is 30.9 Å². The SMILES string of the molecule is COC(=O)Cc1nnc(-c2ccc(N3CCC(Oc4ccccc4C(F)(F)F)CC3)cc2)s1. The minimum atomic E-state index is -4.44. The van der Waals surface area contributed by atoms with Gasteiger partial charge in [0.25, 0.3) is 0 Å². The van der Waals surface area contributed by atoms with Gasteiger partial charge in [0, 0.05) is 37.2 Å². The highest BCUT2D eigenvalue weighted by atomic mass is 32.1. The number of esters is 1. The third-order valence-electron chi connectivity index (χ3n) is 5.40. The number of anilines is 1. The van der Waals surface area contributed by atoms with E-state index in [1.54, 1.807) is 6.07 Å². The van der Waals surface area contributed by atoms with Crippen LogP contribution in [0.4, 0.5) is 18.9 Å². The molecule has 1 fully saturated rings. The number of methoxy groups -OCH3 is 1. The highest BCUT2D eigenvalue weighted by Crippen LogP contribution is 2.37. The van der Waals surface area contributed by atoms with Crippen molar-refractivity contribution in [2.24, 2.45) is 0 Å². The molecule has 10 heteroatoms. The van der Waals surface area contributed by atoms with Crippen molar-refractivity contribution >= 4 is 23.0 Å². The number of carbonyl (C=O) groups is 1. The average Bonchev–Trinajstić information content (AvgIpc) is 3.28. The number of halogens is 3. The van der Waals surface area contributed by atoms with Crippen molar-refractivity contribution in [3.63, 3.8) is 0 Å². The molecular formula is C23H22F3N3O3S. The number of aromatic nitrogens is 2. The van der Waals surface area contributed by atoms with Gasteiger partial charge in [-0.15, -0.1) is 10.2 Å². The molecule has 0 radical (unpaired) electrons. The Morgan fingerprint density at radius 2 is 1.79 bits per heavy atom. The van der Waals surface area contributed by atoms with Crippen LogP contribution in [0.15, 0.2) is 48.5 Å². The standard InChI is InChI=1S/C23H22F3N3O3S/c1-31-21(30)14-20-27-28-22(33-20)15-6-8-16(9-7-15)29-12-10-17(11-13-29)32-19-5-3-2-4-18(19)23(24,25)26/h2-9,17H,10-14H2,1H3. The zero-order valence-electron chi connectivity index (χ0n) is 17.8. The topological polar surface area (TPSA) is 64.5 Å². The molecule has 2 aromatic carbocycles. The lowest BCUT2D eigenvalue weighted by atomic mass is 10.1. The Labute approximate surface area is 193 Å². The molecule has 3 aromatic rings. The van der Waals surface area contributed by atoms with Crippen LogP contribution in [0.2, 0.25) is 0 Å². The van der Waals surface area contributed by atoms with E-state index in [4.69, 9.17) is 4.74 Å². The molecule has 0 aliphatic carbocycles. The Hall–Kier alpha value is -3.14. The first-order valence-electron chi connectivity index (χ1n) is 10.4. The maximum absolute atomic E-state index is 13.2. The van der Waals surface area contributed by atoms with E-state index < -0.39 is 11.7 Å². The Balaban J connectivity index is 1.35. The van der Waals surface area contributed by atoms with Gasteiger partial charge in [0.05, 0.1) is 19.1 Å². The first-order valence-corrected chi connectivity index (χ1v) is 11.2. The molecule has 1 aliphatic rings. The van der Waals surface area contributed by atoms with Crippen molar-refractivity contribution in [2.45, 2.75) is 31.5 Å². The van der Waals surface area contributed by atoms with Crippen LogP contribution in [0.3, 0.4) is 0 Å². The third kappa shape index (κ3) is 5.62. The van der Waals surface area contributed by atoms with Crippen LogP contribution in [0.5, 0.6) is 5.75 Å². The Bertz CT molecular complexity index is 1090. The maximum Gasteiger partial charge on any atom is 0.419 e. The molecule has 1 aliphatic heterocycles. The van der Waals surface area contributed by atoms with E-state index in [2.05, 4.69) is 19.8 Å². The number of benzene rings is 2. The van der Waals surface area contributed by atoms with Crippen LogP contribution >= 0.6 is 11.3 Å². The molecule has 1 saturated heterocycles. The normalized spacial score (nSPS) is 14.8. The van der Waals surface area contributed by atoms with Gasteiger partial charge in [-0.1, -0.05) is 23.5 Å². The van der Waals surface area contributed by atoms with Gasteiger partial charge in [0.2, 0.25) is 0 Å². The van der Waals surface area contributed by atoms with Crippen molar-refractivity contribution < 1.29 is 27.4 Å². The third-order valence-corrected chi connectivity index (χ3v) is 6.37. The molecule has 6 nitrogen and oxygen atoms in total. The summed E-state index contributed by atoms with van der Waals surface area (Å²) in [4.78, 5) is 13.6. The molecular weight excluding hydrogens is 455 g/mol. The predicted molar refractivity (Wildman–Crippen MR) is 118 cm³/mol. The summed E-state index contributed by atoms with van der Waals surface area (Å²) in [6, 6.07) is 13.2. The molecule has 0 spiro atoms. The monoisotopic (exact) mass is 477 g/mol. The Kier molecular flexibility index (Phi) is 6.83. The van der Waals surface area contributed by atoms with E-state index in [0.717, 1.165) is 22.3 Å². The molecule has 1 aromatic heterocycles. The van der Waals surface area contributed by atoms with Crippen LogP contribution in [-0.2, 0) is 22.1 Å². The summed E-state index contributed by atoms with van der Waals surface area (Å²) >= 11 is 1.34. The lowest BCUT2D eigenvalue weighted by Crippen LogP contribution is -2.38. The zero-order chi connectivity index (χ0) is 23.4. The van der Waals surface area contributed by atoms with Gasteiger partial charge in [0.15, 0.2) is 0 Å². The van der Waals surface area contributed by atoms with Crippen molar-refractivity contribution in [1.82, 2.24) is 10.2 Å². The maximum atomic E-state index is 13.2. The van der Waals surface area contributed by atoms with E-state index in [9.17, 15) is 18.0 Å². The highest BCUT2D eigenvalue weighted by Gasteiger charge is 2.35. The molecule has 0 bridgehead atoms. The van der Waals surface area contributed by atoms with Gasteiger partial charge in [-0.2, -0.15) is 13.2 Å². The van der Waals surface area contributed by atoms with Crippen LogP contribution < -0.4 is 9.64 Å². The van der Waals surface area contributed by atoms with Gasteiger partial charge < -0.3 is 14.4 Å². The molecule has 33 heavy (non-hydrogen) atoms. The molecule has 0 atom stereocenters. The first kappa shape index (κ1) is 23.0. The molecule has 4 rings (SSSR count). The van der Waals surface area contributed by atoms with Crippen LogP contribution in [-0.4, -0.2) is 42.5 Å². The molecule has 0 unspecified atom stereocenters. The highest BCUT2D eigenvalue weighted by molar-refractivity contribution is 7.14. The fraction of sp³-hybridized carbons (Fsp3) is 0.348. The number of para-hydroxylation sites is 1. The summed E-state index contributed by atoms with van der Waals surface area (Å²) in [5.41, 5.74) is 1.18. The second kappa shape index (κ2) is 9.78. The van der Waals surface area contributed by atoms with Gasteiger partial charge in [-0.3, -0.25) is 4.79 Å². The minimum Gasteiger partial charge on any atom is -0.490 e. The number of nitrogens with zero attached hydrogens (tertiary/aromatic N) is 3. The van der Waals surface area contributed by atoms with Crippen LogP contribution in [0, 0.1) is 0 Å². The number of carbonyl (C=O) groups excluding carboxylic acids is 1. The smallest absolute Gasteiger partial charge is 0.419 e. The minimum absolute atomic E-state index is 0.0940. The fourth-order valence-corrected chi connectivity index (χ4v) is 4.50. The number of alkyl halides is 3. The zero-order valence-corrected chi connectivity index (χ0v) is 18.7. The number of hydrogen-bond acceptors (Lipinski definition) is 7. The van der Waals surface area contributed by atoms with Gasteiger partial charge in [-0.05, 0) is 36.4 Å². The average molecular weight is 478 g/mol. The first-order chi connectivity index (χ1) is 15.8. The number of ether oxygens (including phenoxy) is 2. The van der Waals surface area contributed by atoms with Crippen molar-refractivity contribution in [1.29, 1.82) is 0 Å². The Morgan fingerprint density at radius 3 is 2.45 bits per heavy atom. The number of rotatable bonds is 6. The van der Waals surface area contributed by atoms with Crippen molar-refractivity contribution in [3.05, 3.63) is 59.1 Å². The van der Waals surface area contributed by atoms with Crippen LogP contribution in [0.1, 0.15) is 23.4 Å². The molecule has 2 heterocycles. The van der Waals surface area contributed by atoms with E-state index in [1.165, 1.54) is 30.6 Å². The molecule has 0 N–H and O–H groups in total. The lowest BCUT2D eigenvalue weighted by molar-refractivity contribution is -0.140. The van der Waals surface area contributed by atoms with E-state index in [1.807, 2.05) is 24.3 Å². The summed E-state index contributed by atoms with van der Waals surface area (Å²) < 4.78 is 50.0. The quantitative estimate of drug-likeness (QED) is 0.467. The lowest BCUT2D eigenvalue weighted by Gasteiger charge is -2.34. The van der Waals surface area contributed by atoms with Gasteiger partial charge >= 0.3 is 12.1 Å². The van der Waals surface area contributed by atoms with Crippen LogP contribution in [0.25, 0.3) is 10.6 Å². The van der Waals surface area contributed by atoms with E-state index >= 15 is 0 Å². The predicted octanol–water partition coefficient (Wildman–Crippen LogP) is 4.99. The number of piperidine rings is 1.